The molecule has 0 rings (SSSR count). The SMILES string of the molecule is N#CCCSCCCCS. The van der Waals surface area contributed by atoms with Crippen molar-refractivity contribution in [2.75, 3.05) is 17.3 Å². The van der Waals surface area contributed by atoms with E-state index in [1.165, 1.54) is 18.6 Å². The summed E-state index contributed by atoms with van der Waals surface area (Å²) < 4.78 is 0. The number of nitrogens with zero attached hydrogens (tertiary/aromatic N) is 1. The van der Waals surface area contributed by atoms with Gasteiger partial charge in [-0.1, -0.05) is 0 Å². The van der Waals surface area contributed by atoms with Crippen LogP contribution >= 0.6 is 24.4 Å². The van der Waals surface area contributed by atoms with Gasteiger partial charge in [0, 0.05) is 12.2 Å². The fraction of sp³-hybridized carbons (Fsp3) is 0.857. The van der Waals surface area contributed by atoms with Crippen molar-refractivity contribution in [2.24, 2.45) is 0 Å². The topological polar surface area (TPSA) is 23.8 Å². The van der Waals surface area contributed by atoms with E-state index in [1.807, 2.05) is 11.8 Å². The van der Waals surface area contributed by atoms with Gasteiger partial charge in [0.25, 0.3) is 0 Å². The summed E-state index contributed by atoms with van der Waals surface area (Å²) in [6.07, 6.45) is 3.12. The summed E-state index contributed by atoms with van der Waals surface area (Å²) in [5.41, 5.74) is 0. The molecule has 58 valence electrons. The Morgan fingerprint density at radius 2 is 2.10 bits per heavy atom. The molecule has 0 amide bonds. The van der Waals surface area contributed by atoms with Gasteiger partial charge in [-0.05, 0) is 24.3 Å². The van der Waals surface area contributed by atoms with Crippen molar-refractivity contribution in [3.63, 3.8) is 0 Å². The summed E-state index contributed by atoms with van der Waals surface area (Å²) in [6, 6.07) is 2.12. The quantitative estimate of drug-likeness (QED) is 0.495. The fourth-order valence-electron chi connectivity index (χ4n) is 0.536. The van der Waals surface area contributed by atoms with Gasteiger partial charge in [-0.3, -0.25) is 0 Å². The van der Waals surface area contributed by atoms with Gasteiger partial charge in [0.2, 0.25) is 0 Å². The predicted octanol–water partition coefficient (Wildman–Crippen LogP) is 2.34. The number of hydrogen-bond acceptors (Lipinski definition) is 3. The molecular formula is C7H13NS2. The Morgan fingerprint density at radius 1 is 1.30 bits per heavy atom. The van der Waals surface area contributed by atoms with Gasteiger partial charge < -0.3 is 0 Å². The maximum absolute atomic E-state index is 8.19. The third-order valence-electron chi connectivity index (χ3n) is 1.05. The van der Waals surface area contributed by atoms with E-state index in [4.69, 9.17) is 5.26 Å². The standard InChI is InChI=1S/C7H13NS2/c8-4-3-7-10-6-2-1-5-9/h9H,1-3,5-7H2. The summed E-state index contributed by atoms with van der Waals surface area (Å²) in [7, 11) is 0. The molecule has 0 bridgehead atoms. The summed E-state index contributed by atoms with van der Waals surface area (Å²) in [5.74, 6) is 3.16. The molecular weight excluding hydrogens is 162 g/mol. The number of rotatable bonds is 6. The summed E-state index contributed by atoms with van der Waals surface area (Å²) >= 11 is 5.96. The maximum Gasteiger partial charge on any atom is 0.0630 e. The molecule has 0 radical (unpaired) electrons. The maximum atomic E-state index is 8.19. The first-order valence-corrected chi connectivity index (χ1v) is 5.26. The Labute approximate surface area is 72.6 Å². The first-order chi connectivity index (χ1) is 4.91. The van der Waals surface area contributed by atoms with Gasteiger partial charge in [-0.15, -0.1) is 0 Å². The van der Waals surface area contributed by atoms with E-state index in [-0.39, 0.29) is 0 Å². The highest BCUT2D eigenvalue weighted by Crippen LogP contribution is 2.05. The van der Waals surface area contributed by atoms with Gasteiger partial charge in [0.05, 0.1) is 6.07 Å². The van der Waals surface area contributed by atoms with Gasteiger partial charge in [-0.2, -0.15) is 29.7 Å². The molecule has 0 aromatic rings. The lowest BCUT2D eigenvalue weighted by Crippen LogP contribution is -1.83. The predicted molar refractivity (Wildman–Crippen MR) is 50.6 cm³/mol. The summed E-state index contributed by atoms with van der Waals surface area (Å²) in [4.78, 5) is 0. The summed E-state index contributed by atoms with van der Waals surface area (Å²) in [5, 5.41) is 8.19. The van der Waals surface area contributed by atoms with Crippen molar-refractivity contribution >= 4 is 24.4 Å². The second-order valence-corrected chi connectivity index (χ2v) is 3.62. The minimum absolute atomic E-state index is 0.686. The molecule has 1 nitrogen and oxygen atoms in total. The second-order valence-electron chi connectivity index (χ2n) is 1.95. The first-order valence-electron chi connectivity index (χ1n) is 3.47. The Kier molecular flexibility index (Phi) is 9.36. The highest BCUT2D eigenvalue weighted by molar-refractivity contribution is 7.99. The number of thioether (sulfide) groups is 1. The monoisotopic (exact) mass is 175 g/mol. The molecule has 0 heterocycles. The van der Waals surface area contributed by atoms with E-state index in [0.29, 0.717) is 6.42 Å². The average Bonchev–Trinajstić information content (AvgIpc) is 1.97. The Morgan fingerprint density at radius 3 is 2.70 bits per heavy atom. The Hall–Kier alpha value is 0.190. The molecule has 0 atom stereocenters. The van der Waals surface area contributed by atoms with Gasteiger partial charge in [0.1, 0.15) is 0 Å². The number of thiol groups is 1. The van der Waals surface area contributed by atoms with Crippen LogP contribution in [-0.4, -0.2) is 17.3 Å². The molecule has 0 spiro atoms. The lowest BCUT2D eigenvalue weighted by Gasteiger charge is -1.95. The van der Waals surface area contributed by atoms with Crippen LogP contribution in [0.2, 0.25) is 0 Å². The van der Waals surface area contributed by atoms with Crippen LogP contribution in [0.3, 0.4) is 0 Å². The molecule has 0 aliphatic carbocycles. The molecule has 0 N–H and O–H groups in total. The second kappa shape index (κ2) is 9.19. The van der Waals surface area contributed by atoms with Crippen molar-refractivity contribution < 1.29 is 0 Å². The van der Waals surface area contributed by atoms with Crippen LogP contribution in [0, 0.1) is 11.3 Å². The molecule has 10 heavy (non-hydrogen) atoms. The largest absolute Gasteiger partial charge is 0.198 e. The van der Waals surface area contributed by atoms with Crippen LogP contribution in [-0.2, 0) is 0 Å². The van der Waals surface area contributed by atoms with E-state index in [0.717, 1.165) is 11.5 Å². The lowest BCUT2D eigenvalue weighted by atomic mass is 10.4. The zero-order valence-electron chi connectivity index (χ0n) is 6.05. The minimum Gasteiger partial charge on any atom is -0.198 e. The van der Waals surface area contributed by atoms with Crippen molar-refractivity contribution in [1.29, 1.82) is 5.26 Å². The number of nitriles is 1. The highest BCUT2D eigenvalue weighted by atomic mass is 32.2. The van der Waals surface area contributed by atoms with E-state index >= 15 is 0 Å². The molecule has 0 aliphatic rings. The molecule has 0 aromatic carbocycles. The number of unbranched alkanes of at least 4 members (excludes halogenated alkanes) is 1. The summed E-state index contributed by atoms with van der Waals surface area (Å²) in [6.45, 7) is 0. The first kappa shape index (κ1) is 10.2. The van der Waals surface area contributed by atoms with Crippen LogP contribution in [0.15, 0.2) is 0 Å². The smallest absolute Gasteiger partial charge is 0.0630 e. The third kappa shape index (κ3) is 8.19. The molecule has 0 aliphatic heterocycles. The van der Waals surface area contributed by atoms with Gasteiger partial charge >= 0.3 is 0 Å². The van der Waals surface area contributed by atoms with Crippen LogP contribution in [0.25, 0.3) is 0 Å². The zero-order valence-corrected chi connectivity index (χ0v) is 7.76. The molecule has 3 heteroatoms. The van der Waals surface area contributed by atoms with Crippen LogP contribution in [0.1, 0.15) is 19.3 Å². The van der Waals surface area contributed by atoms with Gasteiger partial charge in [0.15, 0.2) is 0 Å². The minimum atomic E-state index is 0.686. The van der Waals surface area contributed by atoms with Crippen molar-refractivity contribution in [1.82, 2.24) is 0 Å². The van der Waals surface area contributed by atoms with Gasteiger partial charge in [-0.25, -0.2) is 0 Å². The van der Waals surface area contributed by atoms with Crippen LogP contribution in [0.5, 0.6) is 0 Å². The molecule has 0 unspecified atom stereocenters. The third-order valence-corrected chi connectivity index (χ3v) is 2.44. The zero-order chi connectivity index (χ0) is 7.66. The average molecular weight is 175 g/mol. The van der Waals surface area contributed by atoms with E-state index in [1.54, 1.807) is 0 Å². The lowest BCUT2D eigenvalue weighted by molar-refractivity contribution is 0.909. The highest BCUT2D eigenvalue weighted by Gasteiger charge is 1.87. The Balaban J connectivity index is 2.72. The Bertz CT molecular complexity index is 98.3. The van der Waals surface area contributed by atoms with Crippen molar-refractivity contribution in [3.05, 3.63) is 0 Å². The number of hydrogen-bond donors (Lipinski definition) is 1. The van der Waals surface area contributed by atoms with Crippen molar-refractivity contribution in [3.8, 4) is 6.07 Å². The molecule has 0 aromatic heterocycles. The van der Waals surface area contributed by atoms with Crippen LogP contribution in [0.4, 0.5) is 0 Å². The normalized spacial score (nSPS) is 9.20. The van der Waals surface area contributed by atoms with E-state index in [9.17, 15) is 0 Å². The van der Waals surface area contributed by atoms with E-state index < -0.39 is 0 Å². The molecule has 0 fully saturated rings. The molecule has 0 saturated heterocycles. The fourth-order valence-corrected chi connectivity index (χ4v) is 1.61. The van der Waals surface area contributed by atoms with Crippen molar-refractivity contribution in [2.45, 2.75) is 19.3 Å². The van der Waals surface area contributed by atoms with Crippen LogP contribution < -0.4 is 0 Å². The molecule has 0 saturated carbocycles. The van der Waals surface area contributed by atoms with E-state index in [2.05, 4.69) is 18.7 Å².